The molecule has 2 rings (SSSR count). The van der Waals surface area contributed by atoms with Gasteiger partial charge in [0.25, 0.3) is 0 Å². The number of hydrogen-bond acceptors (Lipinski definition) is 2. The number of carboxylic acids is 1. The molecule has 1 fully saturated rings. The molecule has 2 N–H and O–H groups in total. The van der Waals surface area contributed by atoms with Gasteiger partial charge in [0, 0.05) is 11.9 Å². The summed E-state index contributed by atoms with van der Waals surface area (Å²) in [6, 6.07) is 0. The van der Waals surface area contributed by atoms with Gasteiger partial charge in [0.1, 0.15) is 5.92 Å². The minimum atomic E-state index is -0.730. The predicted molar refractivity (Wildman–Crippen MR) is 55.5 cm³/mol. The molecule has 4 heteroatoms. The van der Waals surface area contributed by atoms with E-state index in [1.165, 1.54) is 6.42 Å². The van der Waals surface area contributed by atoms with E-state index in [4.69, 9.17) is 0 Å². The molecule has 1 aromatic heterocycles. The highest BCUT2D eigenvalue weighted by molar-refractivity contribution is 5.75. The lowest BCUT2D eigenvalue weighted by atomic mass is 9.79. The van der Waals surface area contributed by atoms with Crippen LogP contribution >= 0.6 is 0 Å². The molecule has 1 unspecified atom stereocenters. The number of carboxylic acid groups (broad SMARTS) is 1. The summed E-state index contributed by atoms with van der Waals surface area (Å²) in [4.78, 5) is 18.1. The van der Waals surface area contributed by atoms with E-state index in [-0.39, 0.29) is 5.92 Å². The van der Waals surface area contributed by atoms with Crippen molar-refractivity contribution in [3.05, 3.63) is 18.2 Å². The third-order valence-electron chi connectivity index (χ3n) is 3.24. The number of aromatic amines is 1. The Bertz CT molecular complexity index is 315. The summed E-state index contributed by atoms with van der Waals surface area (Å²) >= 11 is 0. The largest absolute Gasteiger partial charge is 0.481 e. The van der Waals surface area contributed by atoms with E-state index in [0.29, 0.717) is 0 Å². The first-order valence-electron chi connectivity index (χ1n) is 5.50. The SMILES string of the molecule is O=C(O)C(c1cnc[nH]1)C1CCCCC1. The summed E-state index contributed by atoms with van der Waals surface area (Å²) < 4.78 is 0. The molecule has 0 bridgehead atoms. The van der Waals surface area contributed by atoms with Gasteiger partial charge >= 0.3 is 5.97 Å². The summed E-state index contributed by atoms with van der Waals surface area (Å²) in [5.74, 6) is -0.851. The first-order chi connectivity index (χ1) is 7.29. The maximum Gasteiger partial charge on any atom is 0.312 e. The Labute approximate surface area is 88.7 Å². The topological polar surface area (TPSA) is 66.0 Å². The van der Waals surface area contributed by atoms with Crippen LogP contribution in [0.1, 0.15) is 43.7 Å². The van der Waals surface area contributed by atoms with Crippen molar-refractivity contribution in [2.75, 3.05) is 0 Å². The van der Waals surface area contributed by atoms with Crippen LogP contribution in [-0.4, -0.2) is 21.0 Å². The molecule has 1 heterocycles. The molecule has 0 radical (unpaired) electrons. The molecule has 1 saturated carbocycles. The van der Waals surface area contributed by atoms with Crippen LogP contribution in [0.4, 0.5) is 0 Å². The molecular weight excluding hydrogens is 192 g/mol. The van der Waals surface area contributed by atoms with Gasteiger partial charge in [0.15, 0.2) is 0 Å². The first kappa shape index (κ1) is 10.2. The molecule has 0 amide bonds. The Morgan fingerprint density at radius 3 is 2.73 bits per heavy atom. The second-order valence-corrected chi connectivity index (χ2v) is 4.22. The van der Waals surface area contributed by atoms with Gasteiger partial charge in [-0.3, -0.25) is 4.79 Å². The molecule has 4 nitrogen and oxygen atoms in total. The lowest BCUT2D eigenvalue weighted by Gasteiger charge is -2.26. The van der Waals surface area contributed by atoms with Crippen LogP contribution in [0.25, 0.3) is 0 Å². The second kappa shape index (κ2) is 4.47. The highest BCUT2D eigenvalue weighted by Crippen LogP contribution is 2.35. The molecule has 15 heavy (non-hydrogen) atoms. The number of carbonyl (C=O) groups is 1. The highest BCUT2D eigenvalue weighted by Gasteiger charge is 2.31. The van der Waals surface area contributed by atoms with Crippen LogP contribution in [0.5, 0.6) is 0 Å². The number of nitrogens with one attached hydrogen (secondary N) is 1. The van der Waals surface area contributed by atoms with E-state index in [9.17, 15) is 9.90 Å². The van der Waals surface area contributed by atoms with Crippen LogP contribution in [0.3, 0.4) is 0 Å². The standard InChI is InChI=1S/C11H16N2O2/c14-11(15)10(9-6-12-7-13-9)8-4-2-1-3-5-8/h6-8,10H,1-5H2,(H,12,13)(H,14,15). The average molecular weight is 208 g/mol. The van der Waals surface area contributed by atoms with Gasteiger partial charge < -0.3 is 10.1 Å². The van der Waals surface area contributed by atoms with Gasteiger partial charge in [-0.1, -0.05) is 19.3 Å². The number of hydrogen-bond donors (Lipinski definition) is 2. The molecule has 0 spiro atoms. The quantitative estimate of drug-likeness (QED) is 0.799. The maximum atomic E-state index is 11.2. The van der Waals surface area contributed by atoms with Crippen molar-refractivity contribution in [2.45, 2.75) is 38.0 Å². The van der Waals surface area contributed by atoms with Gasteiger partial charge in [0.2, 0.25) is 0 Å². The summed E-state index contributed by atoms with van der Waals surface area (Å²) in [6.45, 7) is 0. The molecule has 82 valence electrons. The van der Waals surface area contributed by atoms with Gasteiger partial charge in [-0.2, -0.15) is 0 Å². The third kappa shape index (κ3) is 2.19. The fraction of sp³-hybridized carbons (Fsp3) is 0.636. The van der Waals surface area contributed by atoms with Crippen molar-refractivity contribution in [2.24, 2.45) is 5.92 Å². The molecule has 1 atom stereocenters. The van der Waals surface area contributed by atoms with Crippen molar-refractivity contribution < 1.29 is 9.90 Å². The fourth-order valence-corrected chi connectivity index (χ4v) is 2.49. The Kier molecular flexibility index (Phi) is 3.04. The molecule has 0 aliphatic heterocycles. The molecule has 1 aliphatic carbocycles. The van der Waals surface area contributed by atoms with Crippen LogP contribution in [-0.2, 0) is 4.79 Å². The number of aromatic nitrogens is 2. The van der Waals surface area contributed by atoms with E-state index in [0.717, 1.165) is 31.4 Å². The zero-order valence-electron chi connectivity index (χ0n) is 8.65. The van der Waals surface area contributed by atoms with E-state index in [1.54, 1.807) is 12.5 Å². The Morgan fingerprint density at radius 1 is 1.47 bits per heavy atom. The highest BCUT2D eigenvalue weighted by atomic mass is 16.4. The number of H-pyrrole nitrogens is 1. The smallest absolute Gasteiger partial charge is 0.312 e. The van der Waals surface area contributed by atoms with Crippen molar-refractivity contribution in [1.29, 1.82) is 0 Å². The molecular formula is C11H16N2O2. The van der Waals surface area contributed by atoms with Crippen molar-refractivity contribution in [1.82, 2.24) is 9.97 Å². The lowest BCUT2D eigenvalue weighted by molar-refractivity contribution is -0.140. The number of imidazole rings is 1. The minimum Gasteiger partial charge on any atom is -0.481 e. The minimum absolute atomic E-state index is 0.275. The molecule has 0 aromatic carbocycles. The number of rotatable bonds is 3. The number of nitrogens with zero attached hydrogens (tertiary/aromatic N) is 1. The zero-order valence-corrected chi connectivity index (χ0v) is 8.65. The van der Waals surface area contributed by atoms with Crippen LogP contribution in [0, 0.1) is 5.92 Å². The van der Waals surface area contributed by atoms with Crippen LogP contribution < -0.4 is 0 Å². The molecule has 1 aromatic rings. The summed E-state index contributed by atoms with van der Waals surface area (Å²) in [7, 11) is 0. The van der Waals surface area contributed by atoms with E-state index >= 15 is 0 Å². The van der Waals surface area contributed by atoms with Gasteiger partial charge in [0.05, 0.1) is 6.33 Å². The molecule has 0 saturated heterocycles. The van der Waals surface area contributed by atoms with Crippen LogP contribution in [0.15, 0.2) is 12.5 Å². The van der Waals surface area contributed by atoms with E-state index in [2.05, 4.69) is 9.97 Å². The summed E-state index contributed by atoms with van der Waals surface area (Å²) in [6.07, 6.45) is 8.78. The Hall–Kier alpha value is -1.32. The lowest BCUT2D eigenvalue weighted by Crippen LogP contribution is -2.23. The summed E-state index contributed by atoms with van der Waals surface area (Å²) in [5.41, 5.74) is 0.745. The van der Waals surface area contributed by atoms with Gasteiger partial charge in [-0.05, 0) is 18.8 Å². The maximum absolute atomic E-state index is 11.2. The zero-order chi connectivity index (χ0) is 10.7. The average Bonchev–Trinajstić information content (AvgIpc) is 2.72. The summed E-state index contributed by atoms with van der Waals surface area (Å²) in [5, 5.41) is 9.25. The van der Waals surface area contributed by atoms with E-state index in [1.807, 2.05) is 0 Å². The van der Waals surface area contributed by atoms with Gasteiger partial charge in [-0.15, -0.1) is 0 Å². The van der Waals surface area contributed by atoms with Crippen molar-refractivity contribution in [3.8, 4) is 0 Å². The normalized spacial score (nSPS) is 20.0. The number of aliphatic carboxylic acids is 1. The van der Waals surface area contributed by atoms with Crippen molar-refractivity contribution >= 4 is 5.97 Å². The van der Waals surface area contributed by atoms with E-state index < -0.39 is 11.9 Å². The third-order valence-corrected chi connectivity index (χ3v) is 3.24. The first-order valence-corrected chi connectivity index (χ1v) is 5.50. The second-order valence-electron chi connectivity index (χ2n) is 4.22. The monoisotopic (exact) mass is 208 g/mol. The van der Waals surface area contributed by atoms with Gasteiger partial charge in [-0.25, -0.2) is 4.98 Å². The molecule has 1 aliphatic rings. The Balaban J connectivity index is 2.15. The predicted octanol–water partition coefficient (Wildman–Crippen LogP) is 2.16. The Morgan fingerprint density at radius 2 is 2.20 bits per heavy atom. The van der Waals surface area contributed by atoms with Crippen LogP contribution in [0.2, 0.25) is 0 Å². The van der Waals surface area contributed by atoms with Crippen molar-refractivity contribution in [3.63, 3.8) is 0 Å². The fourth-order valence-electron chi connectivity index (χ4n) is 2.49.